The number of carbonyl (C=O) groups excluding carboxylic acids is 3. The monoisotopic (exact) mass is 474 g/mol. The van der Waals surface area contributed by atoms with Gasteiger partial charge in [-0.2, -0.15) is 5.06 Å². The van der Waals surface area contributed by atoms with Gasteiger partial charge in [0.2, 0.25) is 0 Å². The van der Waals surface area contributed by atoms with Crippen molar-refractivity contribution in [3.63, 3.8) is 0 Å². The molecule has 0 spiro atoms. The fourth-order valence-corrected chi connectivity index (χ4v) is 4.52. The Labute approximate surface area is 200 Å². The van der Waals surface area contributed by atoms with Crippen LogP contribution in [0.5, 0.6) is 0 Å². The molecular formula is C24H34N4O6. The number of piperidine rings is 2. The van der Waals surface area contributed by atoms with E-state index in [9.17, 15) is 14.4 Å². The number of ether oxygens (including phenoxy) is 1. The molecule has 3 atom stereocenters. The summed E-state index contributed by atoms with van der Waals surface area (Å²) in [5, 5.41) is 1.40. The number of fused-ring (bicyclic) bond motifs is 2. The van der Waals surface area contributed by atoms with Crippen LogP contribution in [0.4, 0.5) is 9.59 Å². The lowest BCUT2D eigenvalue weighted by Crippen LogP contribution is -2.52. The lowest BCUT2D eigenvalue weighted by molar-refractivity contribution is -0.146. The number of nitrogens with one attached hydrogen (secondary N) is 1. The number of rotatable bonds is 6. The van der Waals surface area contributed by atoms with Gasteiger partial charge < -0.3 is 14.5 Å². The van der Waals surface area contributed by atoms with Crippen molar-refractivity contribution in [2.75, 3.05) is 19.6 Å². The number of hydrogen-bond donors (Lipinski definition) is 1. The molecule has 3 saturated heterocycles. The second kappa shape index (κ2) is 10.2. The van der Waals surface area contributed by atoms with Crippen LogP contribution in [0.2, 0.25) is 0 Å². The molecule has 0 aliphatic carbocycles. The molecule has 10 nitrogen and oxygen atoms in total. The Balaban J connectivity index is 1.26. The standard InChI is InChI=1S/C24H34N4O6/c1-24(2,3)33-23(31)26-13-7-10-19(15-26)34-25-21(29)20-12-11-18-14-27(20)22(30)28(18)32-16-17-8-5-4-6-9-17/h4-6,8-9,18-20H,7,10-16H2,1-3H3,(H,25,29)/t18-,19+,20+/m1/s1. The smallest absolute Gasteiger partial charge is 0.410 e. The minimum absolute atomic E-state index is 0.0677. The van der Waals surface area contributed by atoms with Gasteiger partial charge in [-0.15, -0.1) is 0 Å². The Kier molecular flexibility index (Phi) is 7.27. The highest BCUT2D eigenvalue weighted by Crippen LogP contribution is 2.30. The van der Waals surface area contributed by atoms with Gasteiger partial charge in [0, 0.05) is 13.1 Å². The molecule has 3 aliphatic rings. The number of likely N-dealkylation sites (tertiary alicyclic amines) is 1. The summed E-state index contributed by atoms with van der Waals surface area (Å²) in [4.78, 5) is 52.7. The zero-order chi connectivity index (χ0) is 24.3. The highest BCUT2D eigenvalue weighted by atomic mass is 16.7. The molecule has 3 heterocycles. The first-order valence-electron chi connectivity index (χ1n) is 11.9. The van der Waals surface area contributed by atoms with Gasteiger partial charge in [-0.25, -0.2) is 15.1 Å². The first-order chi connectivity index (χ1) is 16.2. The quantitative estimate of drug-likeness (QED) is 0.637. The van der Waals surface area contributed by atoms with Gasteiger partial charge in [-0.05, 0) is 52.0 Å². The van der Waals surface area contributed by atoms with Crippen LogP contribution < -0.4 is 5.48 Å². The van der Waals surface area contributed by atoms with Gasteiger partial charge in [-0.1, -0.05) is 30.3 Å². The maximum absolute atomic E-state index is 12.9. The summed E-state index contributed by atoms with van der Waals surface area (Å²) in [6.45, 7) is 7.15. The minimum Gasteiger partial charge on any atom is -0.444 e. The van der Waals surface area contributed by atoms with Crippen LogP contribution in [0, 0.1) is 0 Å². The van der Waals surface area contributed by atoms with E-state index in [1.54, 1.807) is 9.80 Å². The Morgan fingerprint density at radius 2 is 1.85 bits per heavy atom. The molecule has 1 N–H and O–H groups in total. The number of hydrogen-bond acceptors (Lipinski definition) is 6. The third-order valence-electron chi connectivity index (χ3n) is 6.19. The van der Waals surface area contributed by atoms with E-state index in [0.717, 1.165) is 18.4 Å². The maximum Gasteiger partial charge on any atom is 0.410 e. The van der Waals surface area contributed by atoms with Crippen molar-refractivity contribution in [1.29, 1.82) is 0 Å². The van der Waals surface area contributed by atoms with E-state index < -0.39 is 11.6 Å². The van der Waals surface area contributed by atoms with Crippen molar-refractivity contribution in [3.05, 3.63) is 35.9 Å². The number of hydroxylamine groups is 3. The van der Waals surface area contributed by atoms with Gasteiger partial charge in [-0.3, -0.25) is 14.5 Å². The van der Waals surface area contributed by atoms with Gasteiger partial charge in [0.25, 0.3) is 5.91 Å². The SMILES string of the molecule is CC(C)(C)OC(=O)N1CCC[C@H](ONC(=O)[C@@H]2CC[C@@H]3CN2C(=O)N3OCc2ccccc2)C1. The highest BCUT2D eigenvalue weighted by Gasteiger charge is 2.48. The summed E-state index contributed by atoms with van der Waals surface area (Å²) in [6.07, 6.45) is 1.96. The van der Waals surface area contributed by atoms with Crippen molar-refractivity contribution >= 4 is 18.0 Å². The Morgan fingerprint density at radius 3 is 2.59 bits per heavy atom. The van der Waals surface area contributed by atoms with Crippen molar-refractivity contribution in [2.45, 2.75) is 76.9 Å². The Bertz CT molecular complexity index is 889. The molecule has 186 valence electrons. The van der Waals surface area contributed by atoms with Crippen molar-refractivity contribution in [3.8, 4) is 0 Å². The van der Waals surface area contributed by atoms with E-state index in [1.165, 1.54) is 5.06 Å². The minimum atomic E-state index is -0.611. The number of urea groups is 1. The molecule has 34 heavy (non-hydrogen) atoms. The molecule has 1 aromatic carbocycles. The molecule has 4 rings (SSSR count). The van der Waals surface area contributed by atoms with Crippen LogP contribution in [0.1, 0.15) is 52.0 Å². The maximum atomic E-state index is 12.9. The van der Waals surface area contributed by atoms with Crippen LogP contribution in [-0.4, -0.2) is 76.3 Å². The largest absolute Gasteiger partial charge is 0.444 e. The predicted octanol–water partition coefficient (Wildman–Crippen LogP) is 2.83. The molecule has 2 bridgehead atoms. The zero-order valence-electron chi connectivity index (χ0n) is 20.1. The van der Waals surface area contributed by atoms with Crippen molar-refractivity contribution in [2.24, 2.45) is 0 Å². The molecule has 0 saturated carbocycles. The second-order valence-corrected chi connectivity index (χ2v) is 10.0. The fourth-order valence-electron chi connectivity index (χ4n) is 4.52. The predicted molar refractivity (Wildman–Crippen MR) is 122 cm³/mol. The van der Waals surface area contributed by atoms with E-state index in [1.807, 2.05) is 51.1 Å². The number of carbonyl (C=O) groups is 3. The molecule has 0 unspecified atom stereocenters. The Hall–Kier alpha value is -2.85. The first kappa shape index (κ1) is 24.3. The molecule has 0 aromatic heterocycles. The van der Waals surface area contributed by atoms with Gasteiger partial charge in [0.05, 0.1) is 12.6 Å². The van der Waals surface area contributed by atoms with Crippen LogP contribution in [0.25, 0.3) is 0 Å². The topological polar surface area (TPSA) is 101 Å². The van der Waals surface area contributed by atoms with Crippen LogP contribution in [-0.2, 0) is 25.8 Å². The molecule has 10 heteroatoms. The number of amides is 4. The summed E-state index contributed by atoms with van der Waals surface area (Å²) in [5.74, 6) is -0.355. The van der Waals surface area contributed by atoms with E-state index in [4.69, 9.17) is 14.4 Å². The molecule has 3 fully saturated rings. The van der Waals surface area contributed by atoms with Crippen LogP contribution in [0.3, 0.4) is 0 Å². The fraction of sp³-hybridized carbons (Fsp3) is 0.625. The molecule has 0 radical (unpaired) electrons. The lowest BCUT2D eigenvalue weighted by Gasteiger charge is -2.34. The van der Waals surface area contributed by atoms with E-state index in [0.29, 0.717) is 39.1 Å². The number of nitrogens with zero attached hydrogens (tertiary/aromatic N) is 3. The average Bonchev–Trinajstić information content (AvgIpc) is 3.05. The first-order valence-corrected chi connectivity index (χ1v) is 11.9. The Morgan fingerprint density at radius 1 is 1.09 bits per heavy atom. The molecule has 4 amide bonds. The average molecular weight is 475 g/mol. The third-order valence-corrected chi connectivity index (χ3v) is 6.19. The summed E-state index contributed by atoms with van der Waals surface area (Å²) >= 11 is 0. The molecule has 3 aliphatic heterocycles. The summed E-state index contributed by atoms with van der Waals surface area (Å²) in [6, 6.07) is 8.67. The summed E-state index contributed by atoms with van der Waals surface area (Å²) in [7, 11) is 0. The molecular weight excluding hydrogens is 440 g/mol. The van der Waals surface area contributed by atoms with Crippen molar-refractivity contribution in [1.82, 2.24) is 20.3 Å². The second-order valence-electron chi connectivity index (χ2n) is 10.0. The molecule has 1 aromatic rings. The lowest BCUT2D eigenvalue weighted by atomic mass is 10.0. The van der Waals surface area contributed by atoms with E-state index in [-0.39, 0.29) is 30.2 Å². The van der Waals surface area contributed by atoms with Gasteiger partial charge in [0.15, 0.2) is 0 Å². The summed E-state index contributed by atoms with van der Waals surface area (Å²) in [5.41, 5.74) is 2.94. The van der Waals surface area contributed by atoms with Crippen molar-refractivity contribution < 1.29 is 28.8 Å². The van der Waals surface area contributed by atoms with Crippen LogP contribution >= 0.6 is 0 Å². The third kappa shape index (κ3) is 5.79. The highest BCUT2D eigenvalue weighted by molar-refractivity contribution is 5.88. The number of benzene rings is 1. The van der Waals surface area contributed by atoms with Crippen LogP contribution in [0.15, 0.2) is 30.3 Å². The van der Waals surface area contributed by atoms with Gasteiger partial charge in [0.1, 0.15) is 24.4 Å². The normalized spacial score (nSPS) is 24.9. The van der Waals surface area contributed by atoms with E-state index in [2.05, 4.69) is 5.48 Å². The summed E-state index contributed by atoms with van der Waals surface area (Å²) < 4.78 is 5.43. The zero-order valence-corrected chi connectivity index (χ0v) is 20.1. The van der Waals surface area contributed by atoms with Gasteiger partial charge >= 0.3 is 12.1 Å². The van der Waals surface area contributed by atoms with E-state index >= 15 is 0 Å².